The van der Waals surface area contributed by atoms with Gasteiger partial charge in [-0.25, -0.2) is 0 Å². The maximum atomic E-state index is 12.4. The molecule has 1 heterocycles. The number of anilines is 2. The molecule has 1 aromatic carbocycles. The van der Waals surface area contributed by atoms with Crippen molar-refractivity contribution in [2.45, 2.75) is 72.3 Å². The molecule has 1 aliphatic heterocycles. The van der Waals surface area contributed by atoms with Gasteiger partial charge < -0.3 is 20.6 Å². The van der Waals surface area contributed by atoms with Crippen LogP contribution in [0.2, 0.25) is 0 Å². The van der Waals surface area contributed by atoms with E-state index in [1.165, 1.54) is 0 Å². The van der Waals surface area contributed by atoms with Crippen LogP contribution in [-0.2, 0) is 9.59 Å². The Morgan fingerprint density at radius 3 is 2.23 bits per heavy atom. The molecule has 1 amide bonds. The molecular formula is C24H39N3O3. The van der Waals surface area contributed by atoms with Crippen LogP contribution in [0.1, 0.15) is 71.8 Å². The summed E-state index contributed by atoms with van der Waals surface area (Å²) in [6, 6.07) is 6.33. The highest BCUT2D eigenvalue weighted by molar-refractivity contribution is 5.76. The fourth-order valence-electron chi connectivity index (χ4n) is 4.26. The number of amides is 1. The molecular weight excluding hydrogens is 378 g/mol. The molecule has 1 fully saturated rings. The second-order valence-electron chi connectivity index (χ2n) is 9.57. The van der Waals surface area contributed by atoms with Crippen LogP contribution in [0.5, 0.6) is 0 Å². The molecule has 0 radical (unpaired) electrons. The number of hydrogen-bond acceptors (Lipinski definition) is 4. The first kappa shape index (κ1) is 24.0. The number of carboxylic acid groups (broad SMARTS) is 1. The van der Waals surface area contributed by atoms with Crippen molar-refractivity contribution in [1.29, 1.82) is 0 Å². The minimum absolute atomic E-state index is 0.0763. The van der Waals surface area contributed by atoms with Crippen molar-refractivity contribution in [3.8, 4) is 0 Å². The SMILES string of the molecule is CC(C)CC(=O)N1CCC(N(CC(C)C)c2ccc([C@H](C)CC(=O)O)cc2N)CC1. The van der Waals surface area contributed by atoms with E-state index >= 15 is 0 Å². The lowest BCUT2D eigenvalue weighted by molar-refractivity contribution is -0.137. The summed E-state index contributed by atoms with van der Waals surface area (Å²) in [5.41, 5.74) is 9.12. The van der Waals surface area contributed by atoms with E-state index in [-0.39, 0.29) is 18.2 Å². The molecule has 0 bridgehead atoms. The summed E-state index contributed by atoms with van der Waals surface area (Å²) < 4.78 is 0. The molecule has 6 nitrogen and oxygen atoms in total. The molecule has 1 aromatic rings. The van der Waals surface area contributed by atoms with E-state index in [0.29, 0.717) is 30.0 Å². The third-order valence-corrected chi connectivity index (χ3v) is 5.81. The molecule has 3 N–H and O–H groups in total. The zero-order chi connectivity index (χ0) is 22.4. The van der Waals surface area contributed by atoms with Crippen molar-refractivity contribution in [1.82, 2.24) is 4.90 Å². The average molecular weight is 418 g/mol. The van der Waals surface area contributed by atoms with Crippen LogP contribution in [-0.4, -0.2) is 47.6 Å². The van der Waals surface area contributed by atoms with E-state index < -0.39 is 5.97 Å². The van der Waals surface area contributed by atoms with E-state index in [1.807, 2.05) is 30.0 Å². The predicted molar refractivity (Wildman–Crippen MR) is 123 cm³/mol. The maximum absolute atomic E-state index is 12.4. The van der Waals surface area contributed by atoms with Crippen LogP contribution in [0, 0.1) is 11.8 Å². The van der Waals surface area contributed by atoms with Gasteiger partial charge >= 0.3 is 5.97 Å². The Labute approximate surface area is 181 Å². The second kappa shape index (κ2) is 10.7. The Bertz CT molecular complexity index is 724. The highest BCUT2D eigenvalue weighted by atomic mass is 16.4. The number of carbonyl (C=O) groups excluding carboxylic acids is 1. The van der Waals surface area contributed by atoms with Gasteiger partial charge in [0.1, 0.15) is 0 Å². The molecule has 1 atom stereocenters. The molecule has 0 unspecified atom stereocenters. The first-order chi connectivity index (χ1) is 14.1. The van der Waals surface area contributed by atoms with Gasteiger partial charge in [-0.2, -0.15) is 0 Å². The Morgan fingerprint density at radius 2 is 1.73 bits per heavy atom. The number of likely N-dealkylation sites (tertiary alicyclic amines) is 1. The number of carbonyl (C=O) groups is 2. The minimum atomic E-state index is -0.801. The number of aliphatic carboxylic acids is 1. The topological polar surface area (TPSA) is 86.9 Å². The molecule has 0 aromatic heterocycles. The van der Waals surface area contributed by atoms with Gasteiger partial charge in [0.05, 0.1) is 17.8 Å². The molecule has 1 saturated heterocycles. The third kappa shape index (κ3) is 6.64. The Balaban J connectivity index is 2.15. The quantitative estimate of drug-likeness (QED) is 0.584. The van der Waals surface area contributed by atoms with Gasteiger partial charge in [0.2, 0.25) is 5.91 Å². The van der Waals surface area contributed by atoms with Gasteiger partial charge in [0.25, 0.3) is 0 Å². The molecule has 30 heavy (non-hydrogen) atoms. The Hall–Kier alpha value is -2.24. The van der Waals surface area contributed by atoms with Gasteiger partial charge in [0.15, 0.2) is 0 Å². The molecule has 168 valence electrons. The second-order valence-corrected chi connectivity index (χ2v) is 9.57. The number of nitrogen functional groups attached to an aromatic ring is 1. The van der Waals surface area contributed by atoms with Crippen LogP contribution in [0.4, 0.5) is 11.4 Å². The van der Waals surface area contributed by atoms with Crippen LogP contribution in [0.25, 0.3) is 0 Å². The van der Waals surface area contributed by atoms with Crippen molar-refractivity contribution < 1.29 is 14.7 Å². The summed E-state index contributed by atoms with van der Waals surface area (Å²) in [6.45, 7) is 13.0. The Kier molecular flexibility index (Phi) is 8.56. The number of benzene rings is 1. The van der Waals surface area contributed by atoms with Crippen molar-refractivity contribution in [3.63, 3.8) is 0 Å². The van der Waals surface area contributed by atoms with E-state index in [2.05, 4.69) is 32.6 Å². The summed E-state index contributed by atoms with van der Waals surface area (Å²) >= 11 is 0. The highest BCUT2D eigenvalue weighted by Crippen LogP contribution is 2.33. The van der Waals surface area contributed by atoms with E-state index in [1.54, 1.807) is 0 Å². The van der Waals surface area contributed by atoms with Crippen molar-refractivity contribution in [3.05, 3.63) is 23.8 Å². The fourth-order valence-corrected chi connectivity index (χ4v) is 4.26. The van der Waals surface area contributed by atoms with E-state index in [9.17, 15) is 9.59 Å². The summed E-state index contributed by atoms with van der Waals surface area (Å²) in [5.74, 6) is 0.248. The molecule has 1 aliphatic rings. The van der Waals surface area contributed by atoms with Gasteiger partial charge in [-0.1, -0.05) is 40.7 Å². The van der Waals surface area contributed by atoms with Crippen molar-refractivity contribution in [2.75, 3.05) is 30.3 Å². The van der Waals surface area contributed by atoms with Gasteiger partial charge in [-0.05, 0) is 48.3 Å². The zero-order valence-corrected chi connectivity index (χ0v) is 19.2. The van der Waals surface area contributed by atoms with Gasteiger partial charge in [-0.3, -0.25) is 9.59 Å². The molecule has 0 aliphatic carbocycles. The van der Waals surface area contributed by atoms with Crippen LogP contribution < -0.4 is 10.6 Å². The molecule has 6 heteroatoms. The van der Waals surface area contributed by atoms with E-state index in [0.717, 1.165) is 43.7 Å². The lowest BCUT2D eigenvalue weighted by atomic mass is 9.95. The number of nitrogens with two attached hydrogens (primary N) is 1. The molecule has 2 rings (SSSR count). The van der Waals surface area contributed by atoms with Crippen LogP contribution in [0.3, 0.4) is 0 Å². The number of rotatable bonds is 9. The highest BCUT2D eigenvalue weighted by Gasteiger charge is 2.28. The fraction of sp³-hybridized carbons (Fsp3) is 0.667. The lowest BCUT2D eigenvalue weighted by Gasteiger charge is -2.41. The van der Waals surface area contributed by atoms with E-state index in [4.69, 9.17) is 10.8 Å². The molecule has 0 saturated carbocycles. The summed E-state index contributed by atoms with van der Waals surface area (Å²) in [5, 5.41) is 9.07. The molecule has 0 spiro atoms. The van der Waals surface area contributed by atoms with Crippen molar-refractivity contribution >= 4 is 23.3 Å². The predicted octanol–water partition coefficient (Wildman–Crippen LogP) is 4.35. The maximum Gasteiger partial charge on any atom is 0.303 e. The number of carboxylic acids is 1. The van der Waals surface area contributed by atoms with Gasteiger partial charge in [-0.15, -0.1) is 0 Å². The number of hydrogen-bond donors (Lipinski definition) is 2. The lowest BCUT2D eigenvalue weighted by Crippen LogP contribution is -2.48. The normalized spacial score (nSPS) is 16.2. The largest absolute Gasteiger partial charge is 0.481 e. The minimum Gasteiger partial charge on any atom is -0.481 e. The average Bonchev–Trinajstić information content (AvgIpc) is 2.65. The van der Waals surface area contributed by atoms with Crippen molar-refractivity contribution in [2.24, 2.45) is 11.8 Å². The first-order valence-corrected chi connectivity index (χ1v) is 11.2. The Morgan fingerprint density at radius 1 is 1.10 bits per heavy atom. The number of nitrogens with zero attached hydrogens (tertiary/aromatic N) is 2. The van der Waals surface area contributed by atoms with Crippen LogP contribution in [0.15, 0.2) is 18.2 Å². The summed E-state index contributed by atoms with van der Waals surface area (Å²) in [7, 11) is 0. The van der Waals surface area contributed by atoms with Gasteiger partial charge in [0, 0.05) is 32.1 Å². The summed E-state index contributed by atoms with van der Waals surface area (Å²) in [6.07, 6.45) is 2.58. The monoisotopic (exact) mass is 417 g/mol. The standard InChI is InChI=1S/C24H39N3O3/c1-16(2)12-23(28)26-10-8-20(9-11-26)27(15-17(3)4)22-7-6-19(14-21(22)25)18(5)13-24(29)30/h6-7,14,16-18,20H,8-13,15,25H2,1-5H3,(H,29,30)/t18-/m1/s1. The first-order valence-electron chi connectivity index (χ1n) is 11.2. The van der Waals surface area contributed by atoms with Crippen LogP contribution >= 0.6 is 0 Å². The third-order valence-electron chi connectivity index (χ3n) is 5.81. The zero-order valence-electron chi connectivity index (χ0n) is 19.2. The smallest absolute Gasteiger partial charge is 0.303 e. The summed E-state index contributed by atoms with van der Waals surface area (Å²) in [4.78, 5) is 27.9. The number of piperidine rings is 1.